The number of carbonyl (C=O) groups is 2. The summed E-state index contributed by atoms with van der Waals surface area (Å²) < 4.78 is 0.388. The Balaban J connectivity index is 1.67. The summed E-state index contributed by atoms with van der Waals surface area (Å²) in [5.74, 6) is -0.554. The molecule has 0 spiro atoms. The smallest absolute Gasteiger partial charge is 0.266 e. The SMILES string of the molecule is O=C(CN1C(=O)C(=Cc2cccs2)SC1=S)Nc1cccnc1. The van der Waals surface area contributed by atoms with Gasteiger partial charge in [0.1, 0.15) is 10.9 Å². The van der Waals surface area contributed by atoms with Crippen molar-refractivity contribution in [3.05, 3.63) is 51.8 Å². The van der Waals surface area contributed by atoms with E-state index < -0.39 is 0 Å². The van der Waals surface area contributed by atoms with Crippen molar-refractivity contribution in [3.8, 4) is 0 Å². The fraction of sp³-hybridized carbons (Fsp3) is 0.0667. The van der Waals surface area contributed by atoms with Crippen molar-refractivity contribution in [3.63, 3.8) is 0 Å². The van der Waals surface area contributed by atoms with Gasteiger partial charge in [0.15, 0.2) is 0 Å². The molecule has 1 aliphatic heterocycles. The minimum Gasteiger partial charge on any atom is -0.323 e. The normalized spacial score (nSPS) is 16.2. The van der Waals surface area contributed by atoms with Crippen LogP contribution in [0.4, 0.5) is 5.69 Å². The van der Waals surface area contributed by atoms with Gasteiger partial charge in [-0.15, -0.1) is 11.3 Å². The lowest BCUT2D eigenvalue weighted by molar-refractivity contribution is -0.126. The molecule has 2 aromatic rings. The molecule has 0 saturated carbocycles. The molecule has 1 N–H and O–H groups in total. The Kier molecular flexibility index (Phi) is 4.85. The number of amides is 2. The maximum absolute atomic E-state index is 12.4. The number of carbonyl (C=O) groups excluding carboxylic acids is 2. The molecule has 3 rings (SSSR count). The molecule has 0 aromatic carbocycles. The molecule has 1 aliphatic rings. The quantitative estimate of drug-likeness (QED) is 0.670. The Morgan fingerprint density at radius 2 is 2.26 bits per heavy atom. The van der Waals surface area contributed by atoms with E-state index in [1.54, 1.807) is 30.6 Å². The second-order valence-electron chi connectivity index (χ2n) is 4.57. The second kappa shape index (κ2) is 7.03. The van der Waals surface area contributed by atoms with Crippen LogP contribution in [0, 0.1) is 0 Å². The molecular weight excluding hydrogens is 350 g/mol. The molecule has 0 unspecified atom stereocenters. The fourth-order valence-corrected chi connectivity index (χ4v) is 3.90. The number of hydrogen-bond donors (Lipinski definition) is 1. The number of rotatable bonds is 4. The third-order valence-corrected chi connectivity index (χ3v) is 5.13. The molecule has 1 fully saturated rings. The van der Waals surface area contributed by atoms with Crippen LogP contribution in [0.5, 0.6) is 0 Å². The van der Waals surface area contributed by atoms with Crippen LogP contribution in [0.3, 0.4) is 0 Å². The maximum atomic E-state index is 12.4. The van der Waals surface area contributed by atoms with Crippen molar-refractivity contribution in [2.45, 2.75) is 0 Å². The minimum atomic E-state index is -0.313. The van der Waals surface area contributed by atoms with Crippen LogP contribution >= 0.6 is 35.3 Å². The minimum absolute atomic E-state index is 0.110. The first kappa shape index (κ1) is 15.9. The third kappa shape index (κ3) is 3.84. The molecule has 0 bridgehead atoms. The molecule has 3 heterocycles. The number of hydrogen-bond acceptors (Lipinski definition) is 6. The summed E-state index contributed by atoms with van der Waals surface area (Å²) in [4.78, 5) is 31.2. The lowest BCUT2D eigenvalue weighted by Gasteiger charge is -2.13. The summed E-state index contributed by atoms with van der Waals surface area (Å²) in [6.07, 6.45) is 4.95. The monoisotopic (exact) mass is 361 g/mol. The molecule has 0 aliphatic carbocycles. The Morgan fingerprint density at radius 1 is 1.39 bits per heavy atom. The molecule has 5 nitrogen and oxygen atoms in total. The summed E-state index contributed by atoms with van der Waals surface area (Å²) in [6, 6.07) is 7.29. The highest BCUT2D eigenvalue weighted by molar-refractivity contribution is 8.26. The lowest BCUT2D eigenvalue weighted by atomic mass is 10.3. The van der Waals surface area contributed by atoms with E-state index in [1.807, 2.05) is 17.5 Å². The van der Waals surface area contributed by atoms with Crippen molar-refractivity contribution in [1.82, 2.24) is 9.88 Å². The van der Waals surface area contributed by atoms with Gasteiger partial charge in [0.25, 0.3) is 5.91 Å². The Labute approximate surface area is 146 Å². The van der Waals surface area contributed by atoms with Crippen LogP contribution in [-0.2, 0) is 9.59 Å². The topological polar surface area (TPSA) is 62.3 Å². The number of thioether (sulfide) groups is 1. The van der Waals surface area contributed by atoms with Gasteiger partial charge in [-0.3, -0.25) is 19.5 Å². The van der Waals surface area contributed by atoms with E-state index in [0.717, 1.165) is 4.88 Å². The highest BCUT2D eigenvalue weighted by Gasteiger charge is 2.33. The Bertz CT molecular complexity index is 773. The molecule has 1 saturated heterocycles. The van der Waals surface area contributed by atoms with Crippen LogP contribution in [0.15, 0.2) is 46.9 Å². The van der Waals surface area contributed by atoms with Crippen LogP contribution < -0.4 is 5.32 Å². The summed E-state index contributed by atoms with van der Waals surface area (Å²) in [5, 5.41) is 4.63. The Hall–Kier alpha value is -2.03. The van der Waals surface area contributed by atoms with E-state index >= 15 is 0 Å². The maximum Gasteiger partial charge on any atom is 0.266 e. The summed E-state index contributed by atoms with van der Waals surface area (Å²) in [7, 11) is 0. The zero-order valence-electron chi connectivity index (χ0n) is 11.8. The number of nitrogens with one attached hydrogen (secondary N) is 1. The van der Waals surface area contributed by atoms with E-state index in [4.69, 9.17) is 12.2 Å². The highest BCUT2D eigenvalue weighted by Crippen LogP contribution is 2.33. The molecular formula is C15H11N3O2S3. The van der Waals surface area contributed by atoms with E-state index in [2.05, 4.69) is 10.3 Å². The fourth-order valence-electron chi connectivity index (χ4n) is 1.92. The molecule has 8 heteroatoms. The van der Waals surface area contributed by atoms with Crippen LogP contribution in [0.2, 0.25) is 0 Å². The lowest BCUT2D eigenvalue weighted by Crippen LogP contribution is -2.36. The molecule has 2 aromatic heterocycles. The van der Waals surface area contributed by atoms with Gasteiger partial charge < -0.3 is 5.32 Å². The van der Waals surface area contributed by atoms with Crippen molar-refractivity contribution < 1.29 is 9.59 Å². The summed E-state index contributed by atoms with van der Waals surface area (Å²) >= 11 is 7.96. The van der Waals surface area contributed by atoms with Gasteiger partial charge in [-0.05, 0) is 29.7 Å². The van der Waals surface area contributed by atoms with Gasteiger partial charge in [-0.2, -0.15) is 0 Å². The highest BCUT2D eigenvalue weighted by atomic mass is 32.2. The van der Waals surface area contributed by atoms with Gasteiger partial charge in [-0.25, -0.2) is 0 Å². The molecule has 0 radical (unpaired) electrons. The van der Waals surface area contributed by atoms with Crippen LogP contribution in [0.1, 0.15) is 4.88 Å². The second-order valence-corrected chi connectivity index (χ2v) is 7.23. The van der Waals surface area contributed by atoms with Gasteiger partial charge in [0.2, 0.25) is 5.91 Å². The van der Waals surface area contributed by atoms with Crippen molar-refractivity contribution in [2.75, 3.05) is 11.9 Å². The first-order valence-corrected chi connectivity index (χ1v) is 8.72. The number of pyridine rings is 1. The van der Waals surface area contributed by atoms with E-state index in [9.17, 15) is 9.59 Å². The van der Waals surface area contributed by atoms with E-state index in [-0.39, 0.29) is 18.4 Å². The van der Waals surface area contributed by atoms with Gasteiger partial charge in [0.05, 0.1) is 16.8 Å². The van der Waals surface area contributed by atoms with Gasteiger partial charge in [0, 0.05) is 11.1 Å². The number of aromatic nitrogens is 1. The number of nitrogens with zero attached hydrogens (tertiary/aromatic N) is 2. The largest absolute Gasteiger partial charge is 0.323 e. The van der Waals surface area contributed by atoms with Crippen molar-refractivity contribution in [1.29, 1.82) is 0 Å². The van der Waals surface area contributed by atoms with Crippen LogP contribution in [-0.4, -0.2) is 32.6 Å². The number of thiophene rings is 1. The molecule has 116 valence electrons. The third-order valence-electron chi connectivity index (χ3n) is 2.94. The zero-order chi connectivity index (χ0) is 16.2. The van der Waals surface area contributed by atoms with Crippen molar-refractivity contribution >= 4 is 63.2 Å². The molecule has 2 amide bonds. The van der Waals surface area contributed by atoms with Gasteiger partial charge >= 0.3 is 0 Å². The molecule has 23 heavy (non-hydrogen) atoms. The Morgan fingerprint density at radius 3 is 2.96 bits per heavy atom. The average Bonchev–Trinajstić information content (AvgIpc) is 3.13. The average molecular weight is 361 g/mol. The van der Waals surface area contributed by atoms with Crippen molar-refractivity contribution in [2.24, 2.45) is 0 Å². The predicted octanol–water partition coefficient (Wildman–Crippen LogP) is 2.98. The van der Waals surface area contributed by atoms with E-state index in [1.165, 1.54) is 28.0 Å². The molecule has 0 atom stereocenters. The number of thiocarbonyl (C=S) groups is 1. The first-order chi connectivity index (χ1) is 11.1. The van der Waals surface area contributed by atoms with E-state index in [0.29, 0.717) is 14.9 Å². The van der Waals surface area contributed by atoms with Gasteiger partial charge in [-0.1, -0.05) is 30.0 Å². The zero-order valence-corrected chi connectivity index (χ0v) is 14.2. The summed E-state index contributed by atoms with van der Waals surface area (Å²) in [5.41, 5.74) is 0.581. The summed E-state index contributed by atoms with van der Waals surface area (Å²) in [6.45, 7) is -0.110. The van der Waals surface area contributed by atoms with Crippen LogP contribution in [0.25, 0.3) is 6.08 Å². The predicted molar refractivity (Wildman–Crippen MR) is 97.1 cm³/mol. The standard InChI is InChI=1S/C15H11N3O2S3/c19-13(17-10-3-1-5-16-8-10)9-18-14(20)12(23-15(18)21)7-11-4-2-6-22-11/h1-8H,9H2,(H,17,19). The first-order valence-electron chi connectivity index (χ1n) is 6.62. The number of anilines is 1.